The van der Waals surface area contributed by atoms with Crippen molar-refractivity contribution >= 4 is 27.7 Å². The molecule has 0 unspecified atom stereocenters. The first-order chi connectivity index (χ1) is 9.56. The van der Waals surface area contributed by atoms with Crippen LogP contribution in [-0.4, -0.2) is 6.09 Å². The van der Waals surface area contributed by atoms with Gasteiger partial charge in [0.15, 0.2) is 0 Å². The zero-order chi connectivity index (χ0) is 14.5. The summed E-state index contributed by atoms with van der Waals surface area (Å²) in [6.45, 7) is 1.89. The van der Waals surface area contributed by atoms with Crippen LogP contribution < -0.4 is 5.32 Å². The molecular formula is C15H13BrFNO2. The van der Waals surface area contributed by atoms with Gasteiger partial charge < -0.3 is 4.74 Å². The fourth-order valence-electron chi connectivity index (χ4n) is 1.72. The van der Waals surface area contributed by atoms with Gasteiger partial charge in [0.1, 0.15) is 12.4 Å². The number of aryl methyl sites for hydroxylation is 1. The van der Waals surface area contributed by atoms with Crippen molar-refractivity contribution in [1.29, 1.82) is 0 Å². The number of rotatable bonds is 3. The minimum atomic E-state index is -0.579. The van der Waals surface area contributed by atoms with Crippen LogP contribution in [0, 0.1) is 12.7 Å². The van der Waals surface area contributed by atoms with Gasteiger partial charge in [0.2, 0.25) is 0 Å². The molecule has 0 bridgehead atoms. The average molecular weight is 338 g/mol. The summed E-state index contributed by atoms with van der Waals surface area (Å²) >= 11 is 3.21. The van der Waals surface area contributed by atoms with E-state index in [1.807, 2.05) is 30.3 Å². The third kappa shape index (κ3) is 3.81. The summed E-state index contributed by atoms with van der Waals surface area (Å²) < 4.78 is 18.7. The highest BCUT2D eigenvalue weighted by Crippen LogP contribution is 2.27. The Hall–Kier alpha value is -1.88. The Balaban J connectivity index is 1.98. The van der Waals surface area contributed by atoms with E-state index in [9.17, 15) is 9.18 Å². The Morgan fingerprint density at radius 3 is 2.65 bits per heavy atom. The molecule has 0 saturated carbocycles. The second kappa shape index (κ2) is 6.52. The highest BCUT2D eigenvalue weighted by molar-refractivity contribution is 9.10. The summed E-state index contributed by atoms with van der Waals surface area (Å²) in [5.41, 5.74) is 2.02. The molecule has 20 heavy (non-hydrogen) atoms. The van der Waals surface area contributed by atoms with Crippen molar-refractivity contribution in [1.82, 2.24) is 0 Å². The molecule has 2 rings (SSSR count). The Kier molecular flexibility index (Phi) is 4.74. The number of anilines is 1. The number of amides is 1. The molecule has 1 amide bonds. The molecule has 2 aromatic rings. The van der Waals surface area contributed by atoms with Crippen LogP contribution in [0.3, 0.4) is 0 Å². The van der Waals surface area contributed by atoms with E-state index in [0.29, 0.717) is 15.7 Å². The smallest absolute Gasteiger partial charge is 0.411 e. The Morgan fingerprint density at radius 1 is 1.30 bits per heavy atom. The molecule has 0 saturated heterocycles. The van der Waals surface area contributed by atoms with Crippen LogP contribution in [0.2, 0.25) is 0 Å². The van der Waals surface area contributed by atoms with E-state index in [2.05, 4.69) is 21.2 Å². The van der Waals surface area contributed by atoms with Crippen LogP contribution in [0.25, 0.3) is 0 Å². The number of ether oxygens (including phenoxy) is 1. The molecule has 0 radical (unpaired) electrons. The van der Waals surface area contributed by atoms with E-state index < -0.39 is 6.09 Å². The summed E-state index contributed by atoms with van der Waals surface area (Å²) in [7, 11) is 0. The molecule has 104 valence electrons. The van der Waals surface area contributed by atoms with E-state index in [0.717, 1.165) is 5.56 Å². The molecule has 0 aliphatic heterocycles. The van der Waals surface area contributed by atoms with Crippen LogP contribution >= 0.6 is 15.9 Å². The lowest BCUT2D eigenvalue weighted by atomic mass is 10.2. The Labute approximate surface area is 124 Å². The quantitative estimate of drug-likeness (QED) is 0.885. The number of nitrogens with one attached hydrogen (secondary N) is 1. The maximum atomic E-state index is 13.1. The first-order valence-corrected chi connectivity index (χ1v) is 6.79. The second-order valence-electron chi connectivity index (χ2n) is 4.27. The van der Waals surface area contributed by atoms with E-state index in [1.165, 1.54) is 12.1 Å². The molecule has 0 spiro atoms. The zero-order valence-corrected chi connectivity index (χ0v) is 12.4. The highest BCUT2D eigenvalue weighted by Gasteiger charge is 2.11. The molecule has 3 nitrogen and oxygen atoms in total. The van der Waals surface area contributed by atoms with Crippen LogP contribution in [0.4, 0.5) is 14.9 Å². The van der Waals surface area contributed by atoms with Gasteiger partial charge in [0, 0.05) is 4.47 Å². The molecular weight excluding hydrogens is 325 g/mol. The molecule has 0 atom stereocenters. The van der Waals surface area contributed by atoms with Crippen LogP contribution in [0.1, 0.15) is 11.1 Å². The molecule has 1 N–H and O–H groups in total. The normalized spacial score (nSPS) is 10.2. The third-order valence-electron chi connectivity index (χ3n) is 2.69. The lowest BCUT2D eigenvalue weighted by Crippen LogP contribution is -2.14. The number of halogens is 2. The highest BCUT2D eigenvalue weighted by atomic mass is 79.9. The van der Waals surface area contributed by atoms with E-state index in [1.54, 1.807) is 6.92 Å². The number of carbonyl (C=O) groups is 1. The minimum Gasteiger partial charge on any atom is -0.444 e. The van der Waals surface area contributed by atoms with Crippen molar-refractivity contribution in [3.8, 4) is 0 Å². The summed E-state index contributed by atoms with van der Waals surface area (Å²) in [6.07, 6.45) is -0.579. The van der Waals surface area contributed by atoms with Gasteiger partial charge in [0.05, 0.1) is 5.69 Å². The van der Waals surface area contributed by atoms with Crippen LogP contribution in [-0.2, 0) is 11.3 Å². The predicted octanol–water partition coefficient (Wildman–Crippen LogP) is 4.65. The summed E-state index contributed by atoms with van der Waals surface area (Å²) in [5.74, 6) is -0.363. The SMILES string of the molecule is Cc1cc(F)cc(Br)c1NC(=O)OCc1ccccc1. The van der Waals surface area contributed by atoms with Gasteiger partial charge in [-0.15, -0.1) is 0 Å². The average Bonchev–Trinajstić information content (AvgIpc) is 2.42. The largest absolute Gasteiger partial charge is 0.444 e. The fraction of sp³-hybridized carbons (Fsp3) is 0.133. The molecule has 0 heterocycles. The molecule has 0 aliphatic rings. The van der Waals surface area contributed by atoms with Crippen LogP contribution in [0.5, 0.6) is 0 Å². The molecule has 0 fully saturated rings. The Morgan fingerprint density at radius 2 is 2.00 bits per heavy atom. The van der Waals surface area contributed by atoms with Gasteiger partial charge in [-0.3, -0.25) is 5.32 Å². The lowest BCUT2D eigenvalue weighted by molar-refractivity contribution is 0.155. The second-order valence-corrected chi connectivity index (χ2v) is 5.12. The van der Waals surface area contributed by atoms with Crippen LogP contribution in [0.15, 0.2) is 46.9 Å². The van der Waals surface area contributed by atoms with Crippen molar-refractivity contribution in [3.05, 3.63) is 63.9 Å². The van der Waals surface area contributed by atoms with Crippen molar-refractivity contribution in [2.75, 3.05) is 5.32 Å². The molecule has 0 aliphatic carbocycles. The molecule has 0 aromatic heterocycles. The van der Waals surface area contributed by atoms with Crippen molar-refractivity contribution < 1.29 is 13.9 Å². The third-order valence-corrected chi connectivity index (χ3v) is 3.32. The maximum absolute atomic E-state index is 13.1. The van der Waals surface area contributed by atoms with Crippen molar-refractivity contribution in [2.45, 2.75) is 13.5 Å². The first-order valence-electron chi connectivity index (χ1n) is 5.99. The fourth-order valence-corrected chi connectivity index (χ4v) is 2.35. The maximum Gasteiger partial charge on any atom is 0.411 e. The number of hydrogen-bond acceptors (Lipinski definition) is 2. The van der Waals surface area contributed by atoms with Crippen molar-refractivity contribution in [3.63, 3.8) is 0 Å². The first kappa shape index (κ1) is 14.5. The van der Waals surface area contributed by atoms with E-state index in [-0.39, 0.29) is 12.4 Å². The number of benzene rings is 2. The Bertz CT molecular complexity index is 594. The van der Waals surface area contributed by atoms with Gasteiger partial charge in [-0.25, -0.2) is 9.18 Å². The number of carbonyl (C=O) groups excluding carboxylic acids is 1. The summed E-state index contributed by atoms with van der Waals surface area (Å²) in [4.78, 5) is 11.7. The summed E-state index contributed by atoms with van der Waals surface area (Å²) in [6, 6.07) is 12.0. The van der Waals surface area contributed by atoms with Gasteiger partial charge in [0.25, 0.3) is 0 Å². The topological polar surface area (TPSA) is 38.3 Å². The van der Waals surface area contributed by atoms with E-state index >= 15 is 0 Å². The minimum absolute atomic E-state index is 0.185. The lowest BCUT2D eigenvalue weighted by Gasteiger charge is -2.11. The van der Waals surface area contributed by atoms with Gasteiger partial charge in [-0.05, 0) is 46.1 Å². The molecule has 2 aromatic carbocycles. The van der Waals surface area contributed by atoms with Gasteiger partial charge in [-0.1, -0.05) is 30.3 Å². The monoisotopic (exact) mass is 337 g/mol. The van der Waals surface area contributed by atoms with Crippen molar-refractivity contribution in [2.24, 2.45) is 0 Å². The number of hydrogen-bond donors (Lipinski definition) is 1. The van der Waals surface area contributed by atoms with Gasteiger partial charge in [-0.2, -0.15) is 0 Å². The standard InChI is InChI=1S/C15H13BrFNO2/c1-10-7-12(17)8-13(16)14(10)18-15(19)20-9-11-5-3-2-4-6-11/h2-8H,9H2,1H3,(H,18,19). The summed E-state index contributed by atoms with van der Waals surface area (Å²) in [5, 5.41) is 2.60. The van der Waals surface area contributed by atoms with E-state index in [4.69, 9.17) is 4.74 Å². The zero-order valence-electron chi connectivity index (χ0n) is 10.8. The molecule has 5 heteroatoms. The predicted molar refractivity (Wildman–Crippen MR) is 79.1 cm³/mol. The van der Waals surface area contributed by atoms with Gasteiger partial charge >= 0.3 is 6.09 Å².